The molecule has 0 unspecified atom stereocenters. The highest BCUT2D eigenvalue weighted by Gasteiger charge is 2.40. The Labute approximate surface area is 178 Å². The zero-order chi connectivity index (χ0) is 21.6. The van der Waals surface area contributed by atoms with E-state index in [9.17, 15) is 9.90 Å². The molecule has 3 aromatic rings. The van der Waals surface area contributed by atoms with Crippen LogP contribution in [0.4, 0.5) is 0 Å². The summed E-state index contributed by atoms with van der Waals surface area (Å²) in [7, 11) is 0. The van der Waals surface area contributed by atoms with Gasteiger partial charge in [-0.2, -0.15) is 0 Å². The molecule has 156 valence electrons. The number of benzene rings is 3. The van der Waals surface area contributed by atoms with Gasteiger partial charge in [0.1, 0.15) is 11.6 Å². The van der Waals surface area contributed by atoms with Gasteiger partial charge in [-0.3, -0.25) is 10.1 Å². The molecule has 0 saturated carbocycles. The van der Waals surface area contributed by atoms with Crippen molar-refractivity contribution in [2.45, 2.75) is 38.0 Å². The van der Waals surface area contributed by atoms with Gasteiger partial charge >= 0.3 is 5.97 Å². The second-order valence-corrected chi connectivity index (χ2v) is 8.26. The Morgan fingerprint density at radius 3 is 1.47 bits per heavy atom. The highest BCUT2D eigenvalue weighted by Crippen LogP contribution is 2.37. The summed E-state index contributed by atoms with van der Waals surface area (Å²) >= 11 is 0. The van der Waals surface area contributed by atoms with Gasteiger partial charge in [0.2, 0.25) is 0 Å². The molecule has 3 rings (SSSR count). The Hall–Kier alpha value is -2.95. The Morgan fingerprint density at radius 1 is 0.800 bits per heavy atom. The maximum Gasteiger partial charge on any atom is 0.326 e. The highest BCUT2D eigenvalue weighted by molar-refractivity contribution is 5.77. The monoisotopic (exact) mass is 403 g/mol. The number of nitrogens with one attached hydrogen (secondary N) is 1. The third-order valence-corrected chi connectivity index (χ3v) is 4.89. The molecular weight excluding hydrogens is 374 g/mol. The van der Waals surface area contributed by atoms with Crippen LogP contribution in [-0.4, -0.2) is 29.3 Å². The predicted octanol–water partition coefficient (Wildman–Crippen LogP) is 4.27. The second kappa shape index (κ2) is 9.24. The van der Waals surface area contributed by atoms with E-state index in [2.05, 4.69) is 5.32 Å². The van der Waals surface area contributed by atoms with Crippen LogP contribution in [0.3, 0.4) is 0 Å². The largest absolute Gasteiger partial charge is 0.459 e. The van der Waals surface area contributed by atoms with Gasteiger partial charge in [0.05, 0.1) is 12.1 Å². The Balaban J connectivity index is 2.19. The number of esters is 1. The molecule has 0 aromatic heterocycles. The number of hydrogen-bond donors (Lipinski definition) is 2. The van der Waals surface area contributed by atoms with Crippen molar-refractivity contribution in [1.29, 1.82) is 0 Å². The smallest absolute Gasteiger partial charge is 0.326 e. The summed E-state index contributed by atoms with van der Waals surface area (Å²) in [5, 5.41) is 13.6. The van der Waals surface area contributed by atoms with Gasteiger partial charge in [-0.05, 0) is 37.5 Å². The van der Waals surface area contributed by atoms with E-state index in [1.165, 1.54) is 0 Å². The van der Waals surface area contributed by atoms with Crippen LogP contribution in [0.1, 0.15) is 37.5 Å². The molecule has 0 bridgehead atoms. The van der Waals surface area contributed by atoms with E-state index in [0.717, 1.165) is 16.7 Å². The molecular formula is C26H29NO3. The summed E-state index contributed by atoms with van der Waals surface area (Å²) in [5.41, 5.74) is 1.38. The summed E-state index contributed by atoms with van der Waals surface area (Å²) in [4.78, 5) is 12.9. The van der Waals surface area contributed by atoms with Crippen LogP contribution >= 0.6 is 0 Å². The van der Waals surface area contributed by atoms with Crippen molar-refractivity contribution >= 4 is 5.97 Å². The van der Waals surface area contributed by atoms with E-state index < -0.39 is 23.2 Å². The standard InChI is InChI=1S/C26H29NO3/c1-25(2,3)30-24(29)23(19-28)27-26(20-13-7-4-8-14-20,21-15-9-5-10-16-21)22-17-11-6-12-18-22/h4-18,23,27-28H,19H2,1-3H3/t23-/m1/s1. The first-order valence-electron chi connectivity index (χ1n) is 10.1. The summed E-state index contributed by atoms with van der Waals surface area (Å²) in [5.74, 6) is -0.489. The molecule has 3 aromatic carbocycles. The van der Waals surface area contributed by atoms with E-state index in [1.54, 1.807) is 0 Å². The molecule has 0 aliphatic carbocycles. The molecule has 4 heteroatoms. The SMILES string of the molecule is CC(C)(C)OC(=O)[C@@H](CO)NC(c1ccccc1)(c1ccccc1)c1ccccc1. The quantitative estimate of drug-likeness (QED) is 0.457. The number of aliphatic hydroxyl groups is 1. The lowest BCUT2D eigenvalue weighted by Gasteiger charge is -2.39. The van der Waals surface area contributed by atoms with Crippen LogP contribution < -0.4 is 5.32 Å². The summed E-state index contributed by atoms with van der Waals surface area (Å²) in [6.07, 6.45) is 0. The molecule has 0 fully saturated rings. The van der Waals surface area contributed by atoms with E-state index >= 15 is 0 Å². The van der Waals surface area contributed by atoms with Gasteiger partial charge in [0.15, 0.2) is 0 Å². The van der Waals surface area contributed by atoms with Crippen LogP contribution in [0, 0.1) is 0 Å². The first-order chi connectivity index (χ1) is 14.4. The van der Waals surface area contributed by atoms with Gasteiger partial charge < -0.3 is 9.84 Å². The molecule has 1 atom stereocenters. The van der Waals surface area contributed by atoms with Crippen molar-refractivity contribution in [2.24, 2.45) is 0 Å². The molecule has 0 saturated heterocycles. The summed E-state index contributed by atoms with van der Waals surface area (Å²) in [6, 6.07) is 28.9. The molecule has 2 N–H and O–H groups in total. The molecule has 0 radical (unpaired) electrons. The zero-order valence-electron chi connectivity index (χ0n) is 17.7. The van der Waals surface area contributed by atoms with E-state index in [1.807, 2.05) is 112 Å². The van der Waals surface area contributed by atoms with Crippen molar-refractivity contribution in [3.63, 3.8) is 0 Å². The minimum absolute atomic E-state index is 0.386. The highest BCUT2D eigenvalue weighted by atomic mass is 16.6. The lowest BCUT2D eigenvalue weighted by molar-refractivity contribution is -0.159. The maximum atomic E-state index is 12.9. The Kier molecular flexibility index (Phi) is 6.70. The molecule has 30 heavy (non-hydrogen) atoms. The minimum atomic E-state index is -0.912. The number of carbonyl (C=O) groups is 1. The minimum Gasteiger partial charge on any atom is -0.459 e. The number of aliphatic hydroxyl groups excluding tert-OH is 1. The fraction of sp³-hybridized carbons (Fsp3) is 0.269. The van der Waals surface area contributed by atoms with Gasteiger partial charge in [-0.1, -0.05) is 91.0 Å². The van der Waals surface area contributed by atoms with E-state index in [0.29, 0.717) is 0 Å². The van der Waals surface area contributed by atoms with Crippen molar-refractivity contribution in [2.75, 3.05) is 6.61 Å². The number of rotatable bonds is 7. The molecule has 0 aliphatic rings. The lowest BCUT2D eigenvalue weighted by atomic mass is 9.76. The van der Waals surface area contributed by atoms with Crippen molar-refractivity contribution in [3.05, 3.63) is 108 Å². The molecule has 4 nitrogen and oxygen atoms in total. The lowest BCUT2D eigenvalue weighted by Crippen LogP contribution is -2.55. The van der Waals surface area contributed by atoms with Crippen LogP contribution in [0.15, 0.2) is 91.0 Å². The zero-order valence-corrected chi connectivity index (χ0v) is 17.7. The van der Waals surface area contributed by atoms with Gasteiger partial charge in [0, 0.05) is 0 Å². The Morgan fingerprint density at radius 2 is 1.17 bits per heavy atom. The van der Waals surface area contributed by atoms with Crippen LogP contribution in [-0.2, 0) is 15.1 Å². The summed E-state index contributed by atoms with van der Waals surface area (Å²) in [6.45, 7) is 5.07. The van der Waals surface area contributed by atoms with Crippen LogP contribution in [0.5, 0.6) is 0 Å². The predicted molar refractivity (Wildman–Crippen MR) is 119 cm³/mol. The van der Waals surface area contributed by atoms with Crippen LogP contribution in [0.2, 0.25) is 0 Å². The van der Waals surface area contributed by atoms with Gasteiger partial charge in [0.25, 0.3) is 0 Å². The van der Waals surface area contributed by atoms with Crippen LogP contribution in [0.25, 0.3) is 0 Å². The fourth-order valence-corrected chi connectivity index (χ4v) is 3.63. The number of ether oxygens (including phenoxy) is 1. The van der Waals surface area contributed by atoms with Crippen molar-refractivity contribution in [3.8, 4) is 0 Å². The van der Waals surface area contributed by atoms with Crippen molar-refractivity contribution < 1.29 is 14.6 Å². The molecule has 0 spiro atoms. The topological polar surface area (TPSA) is 58.6 Å². The average molecular weight is 404 g/mol. The van der Waals surface area contributed by atoms with Gasteiger partial charge in [-0.25, -0.2) is 0 Å². The summed E-state index contributed by atoms with van der Waals surface area (Å²) < 4.78 is 5.58. The van der Waals surface area contributed by atoms with E-state index in [4.69, 9.17) is 4.74 Å². The first kappa shape index (κ1) is 21.8. The van der Waals surface area contributed by atoms with Crippen molar-refractivity contribution in [1.82, 2.24) is 5.32 Å². The molecule has 0 amide bonds. The second-order valence-electron chi connectivity index (χ2n) is 8.26. The molecule has 0 aliphatic heterocycles. The third kappa shape index (κ3) is 4.78. The fourth-order valence-electron chi connectivity index (χ4n) is 3.63. The number of hydrogen-bond acceptors (Lipinski definition) is 4. The maximum absolute atomic E-state index is 12.9. The third-order valence-electron chi connectivity index (χ3n) is 4.89. The number of carbonyl (C=O) groups excluding carboxylic acids is 1. The van der Waals surface area contributed by atoms with E-state index in [-0.39, 0.29) is 6.61 Å². The molecule has 0 heterocycles. The Bertz CT molecular complexity index is 838. The average Bonchev–Trinajstić information content (AvgIpc) is 2.75. The first-order valence-corrected chi connectivity index (χ1v) is 10.1. The van der Waals surface area contributed by atoms with Gasteiger partial charge in [-0.15, -0.1) is 0 Å². The normalized spacial score (nSPS) is 12.9.